The number of nitriles is 1. The molecule has 2 aromatic carbocycles. The largest absolute Gasteiger partial charge is 0.324 e. The zero-order valence-electron chi connectivity index (χ0n) is 14.3. The Morgan fingerprint density at radius 3 is 2.77 bits per heavy atom. The van der Waals surface area contributed by atoms with Gasteiger partial charge in [-0.15, -0.1) is 11.8 Å². The highest BCUT2D eigenvalue weighted by Gasteiger charge is 2.13. The number of imidazole rings is 1. The van der Waals surface area contributed by atoms with Crippen LogP contribution in [0.5, 0.6) is 0 Å². The summed E-state index contributed by atoms with van der Waals surface area (Å²) in [5, 5.41) is 12.5. The number of fused-ring (bicyclic) bond motifs is 1. The monoisotopic (exact) mass is 382 g/mol. The molecule has 132 valence electrons. The van der Waals surface area contributed by atoms with Crippen molar-refractivity contribution in [3.63, 3.8) is 0 Å². The molecule has 0 saturated heterocycles. The number of carbonyl (C=O) groups is 1. The lowest BCUT2D eigenvalue weighted by Crippen LogP contribution is -2.15. The average molecular weight is 383 g/mol. The van der Waals surface area contributed by atoms with Crippen LogP contribution in [0.2, 0.25) is 0 Å². The number of thioether (sulfide) groups is 2. The van der Waals surface area contributed by atoms with Gasteiger partial charge in [0.2, 0.25) is 5.91 Å². The molecule has 0 atom stereocenters. The lowest BCUT2D eigenvalue weighted by atomic mass is 10.3. The van der Waals surface area contributed by atoms with Gasteiger partial charge in [0.25, 0.3) is 0 Å². The van der Waals surface area contributed by atoms with Crippen LogP contribution in [0.1, 0.15) is 6.92 Å². The molecule has 1 amide bonds. The number of amides is 1. The maximum atomic E-state index is 12.4. The maximum Gasteiger partial charge on any atom is 0.234 e. The van der Waals surface area contributed by atoms with Crippen molar-refractivity contribution in [2.45, 2.75) is 23.5 Å². The normalized spacial score (nSPS) is 10.6. The molecule has 1 N–H and O–H groups in total. The van der Waals surface area contributed by atoms with Gasteiger partial charge in [0.05, 0.1) is 34.3 Å². The third-order valence-electron chi connectivity index (χ3n) is 3.72. The highest BCUT2D eigenvalue weighted by Crippen LogP contribution is 2.28. The van der Waals surface area contributed by atoms with Gasteiger partial charge in [0.1, 0.15) is 0 Å². The number of hydrogen-bond acceptors (Lipinski definition) is 5. The van der Waals surface area contributed by atoms with Crippen molar-refractivity contribution in [2.75, 3.05) is 16.8 Å². The van der Waals surface area contributed by atoms with Crippen LogP contribution in [-0.2, 0) is 11.3 Å². The quantitative estimate of drug-likeness (QED) is 0.613. The smallest absolute Gasteiger partial charge is 0.234 e. The van der Waals surface area contributed by atoms with Crippen LogP contribution in [0.25, 0.3) is 11.0 Å². The molecule has 0 unspecified atom stereocenters. The highest BCUT2D eigenvalue weighted by atomic mass is 32.2. The Kier molecular flexibility index (Phi) is 6.21. The molecule has 3 rings (SSSR count). The molecule has 0 bridgehead atoms. The first-order chi connectivity index (χ1) is 12.7. The summed E-state index contributed by atoms with van der Waals surface area (Å²) in [6.45, 7) is 2.87. The van der Waals surface area contributed by atoms with E-state index in [0.29, 0.717) is 5.75 Å². The third-order valence-corrected chi connectivity index (χ3v) is 5.64. The zero-order chi connectivity index (χ0) is 18.4. The second-order valence-corrected chi connectivity index (χ2v) is 7.37. The van der Waals surface area contributed by atoms with E-state index < -0.39 is 0 Å². The third kappa shape index (κ3) is 4.21. The molecule has 7 heteroatoms. The van der Waals surface area contributed by atoms with E-state index in [9.17, 15) is 4.79 Å². The Hall–Kier alpha value is -2.43. The number of para-hydroxylation sites is 3. The standard InChI is InChI=1S/C19H18N4OS2/c1-2-23-16-9-5-3-7-14(16)22-19(23)26-13-18(24)21-15-8-4-6-10-17(15)25-12-11-20/h3-10H,2,12-13H2,1H3,(H,21,24). The lowest BCUT2D eigenvalue weighted by molar-refractivity contribution is -0.113. The summed E-state index contributed by atoms with van der Waals surface area (Å²) in [6.07, 6.45) is 0. The Labute approximate surface area is 160 Å². The number of nitrogens with one attached hydrogen (secondary N) is 1. The predicted molar refractivity (Wildman–Crippen MR) is 108 cm³/mol. The molecule has 1 heterocycles. The SMILES string of the molecule is CCn1c(SCC(=O)Nc2ccccc2SCC#N)nc2ccccc21. The summed E-state index contributed by atoms with van der Waals surface area (Å²) < 4.78 is 2.12. The molecule has 26 heavy (non-hydrogen) atoms. The Morgan fingerprint density at radius 1 is 1.19 bits per heavy atom. The molecule has 3 aromatic rings. The van der Waals surface area contributed by atoms with Gasteiger partial charge < -0.3 is 9.88 Å². The molecular formula is C19H18N4OS2. The number of anilines is 1. The summed E-state index contributed by atoms with van der Waals surface area (Å²) in [5.41, 5.74) is 2.76. The topological polar surface area (TPSA) is 70.7 Å². The van der Waals surface area contributed by atoms with Crippen LogP contribution in [0.3, 0.4) is 0 Å². The molecule has 5 nitrogen and oxygen atoms in total. The first-order valence-electron chi connectivity index (χ1n) is 8.19. The maximum absolute atomic E-state index is 12.4. The van der Waals surface area contributed by atoms with E-state index in [1.807, 2.05) is 48.5 Å². The summed E-state index contributed by atoms with van der Waals surface area (Å²) in [7, 11) is 0. The van der Waals surface area contributed by atoms with Crippen LogP contribution < -0.4 is 5.32 Å². The lowest BCUT2D eigenvalue weighted by Gasteiger charge is -2.10. The first-order valence-corrected chi connectivity index (χ1v) is 10.2. The fourth-order valence-corrected chi connectivity index (χ4v) is 4.14. The molecule has 0 radical (unpaired) electrons. The van der Waals surface area contributed by atoms with E-state index in [1.54, 1.807) is 0 Å². The number of nitrogens with zero attached hydrogens (tertiary/aromatic N) is 3. The van der Waals surface area contributed by atoms with E-state index in [2.05, 4.69) is 27.9 Å². The second-order valence-electron chi connectivity index (χ2n) is 5.41. The number of aromatic nitrogens is 2. The Balaban J connectivity index is 1.68. The Morgan fingerprint density at radius 2 is 1.96 bits per heavy atom. The van der Waals surface area contributed by atoms with E-state index in [-0.39, 0.29) is 11.7 Å². The van der Waals surface area contributed by atoms with Crippen molar-refractivity contribution in [1.29, 1.82) is 5.26 Å². The number of aryl methyl sites for hydroxylation is 1. The number of rotatable bonds is 7. The van der Waals surface area contributed by atoms with Crippen molar-refractivity contribution < 1.29 is 4.79 Å². The van der Waals surface area contributed by atoms with Crippen molar-refractivity contribution in [3.8, 4) is 6.07 Å². The van der Waals surface area contributed by atoms with E-state index in [1.165, 1.54) is 23.5 Å². The van der Waals surface area contributed by atoms with Crippen molar-refractivity contribution in [3.05, 3.63) is 48.5 Å². The predicted octanol–water partition coefficient (Wildman–Crippen LogP) is 4.40. The summed E-state index contributed by atoms with van der Waals surface area (Å²) >= 11 is 2.84. The second kappa shape index (κ2) is 8.79. The zero-order valence-corrected chi connectivity index (χ0v) is 15.9. The summed E-state index contributed by atoms with van der Waals surface area (Å²) in [4.78, 5) is 17.9. The van der Waals surface area contributed by atoms with Crippen molar-refractivity contribution in [1.82, 2.24) is 9.55 Å². The van der Waals surface area contributed by atoms with Crippen molar-refractivity contribution in [2.24, 2.45) is 0 Å². The summed E-state index contributed by atoms with van der Waals surface area (Å²) in [6, 6.07) is 17.6. The molecular weight excluding hydrogens is 364 g/mol. The van der Waals surface area contributed by atoms with Gasteiger partial charge in [0, 0.05) is 11.4 Å². The summed E-state index contributed by atoms with van der Waals surface area (Å²) in [5.74, 6) is 0.539. The van der Waals surface area contributed by atoms with Crippen LogP contribution in [0, 0.1) is 11.3 Å². The minimum atomic E-state index is -0.0882. The highest BCUT2D eigenvalue weighted by molar-refractivity contribution is 8.00. The minimum absolute atomic E-state index is 0.0882. The fraction of sp³-hybridized carbons (Fsp3) is 0.211. The number of benzene rings is 2. The van der Waals surface area contributed by atoms with Crippen LogP contribution in [-0.4, -0.2) is 27.0 Å². The van der Waals surface area contributed by atoms with E-state index in [0.717, 1.165) is 33.3 Å². The minimum Gasteiger partial charge on any atom is -0.324 e. The van der Waals surface area contributed by atoms with Gasteiger partial charge in [0.15, 0.2) is 5.16 Å². The van der Waals surface area contributed by atoms with Crippen LogP contribution in [0.15, 0.2) is 58.6 Å². The molecule has 0 spiro atoms. The van der Waals surface area contributed by atoms with Gasteiger partial charge in [-0.2, -0.15) is 5.26 Å². The molecule has 0 aliphatic rings. The number of carbonyl (C=O) groups excluding carboxylic acids is 1. The van der Waals surface area contributed by atoms with Gasteiger partial charge in [-0.25, -0.2) is 4.98 Å². The van der Waals surface area contributed by atoms with E-state index in [4.69, 9.17) is 5.26 Å². The fourth-order valence-electron chi connectivity index (χ4n) is 2.59. The van der Waals surface area contributed by atoms with Crippen molar-refractivity contribution >= 4 is 46.2 Å². The molecule has 1 aromatic heterocycles. The average Bonchev–Trinajstić information content (AvgIpc) is 3.03. The number of hydrogen-bond donors (Lipinski definition) is 1. The molecule has 0 saturated carbocycles. The van der Waals surface area contributed by atoms with Crippen LogP contribution in [0.4, 0.5) is 5.69 Å². The first kappa shape index (κ1) is 18.4. The van der Waals surface area contributed by atoms with Crippen LogP contribution >= 0.6 is 23.5 Å². The van der Waals surface area contributed by atoms with Gasteiger partial charge in [-0.1, -0.05) is 36.0 Å². The molecule has 0 aliphatic carbocycles. The molecule has 0 aliphatic heterocycles. The van der Waals surface area contributed by atoms with E-state index >= 15 is 0 Å². The van der Waals surface area contributed by atoms with Gasteiger partial charge in [-0.05, 0) is 31.2 Å². The van der Waals surface area contributed by atoms with Gasteiger partial charge >= 0.3 is 0 Å². The Bertz CT molecular complexity index is 962. The van der Waals surface area contributed by atoms with Gasteiger partial charge in [-0.3, -0.25) is 4.79 Å². The molecule has 0 fully saturated rings.